The number of hydrogen-bond donors (Lipinski definition) is 0. The highest BCUT2D eigenvalue weighted by molar-refractivity contribution is 7.85. The van der Waals surface area contributed by atoms with Gasteiger partial charge in [0, 0.05) is 28.8 Å². The first-order valence-electron chi connectivity index (χ1n) is 11.5. The molecule has 2 unspecified atom stereocenters. The molecule has 0 bridgehead atoms. The van der Waals surface area contributed by atoms with Crippen LogP contribution in [0, 0.1) is 0 Å². The van der Waals surface area contributed by atoms with Gasteiger partial charge in [0.25, 0.3) is 10.1 Å². The molecule has 2 aromatic carbocycles. The highest BCUT2D eigenvalue weighted by Crippen LogP contribution is 2.46. The predicted octanol–water partition coefficient (Wildman–Crippen LogP) is 6.10. The van der Waals surface area contributed by atoms with Crippen LogP contribution < -0.4 is 9.47 Å². The van der Waals surface area contributed by atoms with Gasteiger partial charge in [-0.25, -0.2) is 0 Å². The molecule has 1 aromatic heterocycles. The van der Waals surface area contributed by atoms with Crippen LogP contribution in [0.4, 0.5) is 0 Å². The summed E-state index contributed by atoms with van der Waals surface area (Å²) in [5.41, 5.74) is 5.58. The molecular formula is C27H30ClNO6S. The SMILES string of the molecule is COc1cccc(C2OC(CCOS(C)(=O)=O)c3cc(C=C(C)C)cn3-c3ccc(Cl)cc32)c1OC. The van der Waals surface area contributed by atoms with E-state index in [4.69, 9.17) is 30.0 Å². The van der Waals surface area contributed by atoms with Gasteiger partial charge in [-0.05, 0) is 49.7 Å². The maximum absolute atomic E-state index is 11.6. The Hall–Kier alpha value is -2.78. The van der Waals surface area contributed by atoms with Crippen LogP contribution in [0.15, 0.2) is 54.2 Å². The van der Waals surface area contributed by atoms with E-state index in [0.29, 0.717) is 22.9 Å². The largest absolute Gasteiger partial charge is 0.493 e. The average Bonchev–Trinajstić information content (AvgIpc) is 3.17. The number of hydrogen-bond acceptors (Lipinski definition) is 6. The Morgan fingerprint density at radius 2 is 1.89 bits per heavy atom. The second-order valence-corrected chi connectivity index (χ2v) is 11.0. The first-order valence-corrected chi connectivity index (χ1v) is 13.7. The van der Waals surface area contributed by atoms with E-state index in [9.17, 15) is 8.42 Å². The van der Waals surface area contributed by atoms with Crippen molar-refractivity contribution in [1.29, 1.82) is 0 Å². The maximum Gasteiger partial charge on any atom is 0.264 e. The number of ether oxygens (including phenoxy) is 3. The second kappa shape index (κ2) is 10.7. The minimum absolute atomic E-state index is 0.0221. The Kier molecular flexibility index (Phi) is 7.80. The van der Waals surface area contributed by atoms with Gasteiger partial charge in [0.15, 0.2) is 11.5 Å². The van der Waals surface area contributed by atoms with Gasteiger partial charge in [0.05, 0.1) is 38.5 Å². The predicted molar refractivity (Wildman–Crippen MR) is 141 cm³/mol. The molecule has 4 rings (SSSR count). The number of benzene rings is 2. The first-order chi connectivity index (χ1) is 17.1. The lowest BCUT2D eigenvalue weighted by molar-refractivity contribution is -0.00503. The Balaban J connectivity index is 1.91. The summed E-state index contributed by atoms with van der Waals surface area (Å²) >= 11 is 6.47. The molecule has 36 heavy (non-hydrogen) atoms. The smallest absolute Gasteiger partial charge is 0.264 e. The molecule has 192 valence electrons. The van der Waals surface area contributed by atoms with Crippen LogP contribution in [0.1, 0.15) is 54.9 Å². The molecule has 2 heterocycles. The minimum atomic E-state index is -3.59. The third-order valence-electron chi connectivity index (χ3n) is 5.88. The number of fused-ring (bicyclic) bond motifs is 3. The summed E-state index contributed by atoms with van der Waals surface area (Å²) in [6, 6.07) is 13.4. The van der Waals surface area contributed by atoms with Crippen LogP contribution in [0.2, 0.25) is 5.02 Å². The van der Waals surface area contributed by atoms with Crippen molar-refractivity contribution in [3.05, 3.63) is 81.6 Å². The Morgan fingerprint density at radius 3 is 2.56 bits per heavy atom. The van der Waals surface area contributed by atoms with Crippen molar-refractivity contribution in [3.63, 3.8) is 0 Å². The van der Waals surface area contributed by atoms with Crippen molar-refractivity contribution in [2.24, 2.45) is 0 Å². The summed E-state index contributed by atoms with van der Waals surface area (Å²) in [5.74, 6) is 1.13. The number of aromatic nitrogens is 1. The Bertz CT molecular complexity index is 1390. The molecule has 0 N–H and O–H groups in total. The van der Waals surface area contributed by atoms with E-state index in [0.717, 1.165) is 39.9 Å². The quantitative estimate of drug-likeness (QED) is 0.327. The number of para-hydroxylation sites is 1. The zero-order valence-electron chi connectivity index (χ0n) is 20.9. The Labute approximate surface area is 217 Å². The van der Waals surface area contributed by atoms with E-state index in [-0.39, 0.29) is 6.61 Å². The van der Waals surface area contributed by atoms with Gasteiger partial charge in [-0.3, -0.25) is 4.18 Å². The lowest BCUT2D eigenvalue weighted by atomic mass is 9.98. The third kappa shape index (κ3) is 5.62. The Morgan fingerprint density at radius 1 is 1.11 bits per heavy atom. The van der Waals surface area contributed by atoms with E-state index < -0.39 is 22.3 Å². The fourth-order valence-corrected chi connectivity index (χ4v) is 5.09. The number of allylic oxidation sites excluding steroid dienone is 1. The van der Waals surface area contributed by atoms with Gasteiger partial charge < -0.3 is 18.8 Å². The normalized spacial score (nSPS) is 17.1. The number of nitrogens with zero attached hydrogens (tertiary/aromatic N) is 1. The fraction of sp³-hybridized carbons (Fsp3) is 0.333. The molecule has 7 nitrogen and oxygen atoms in total. The van der Waals surface area contributed by atoms with Crippen molar-refractivity contribution in [3.8, 4) is 17.2 Å². The number of rotatable bonds is 8. The van der Waals surface area contributed by atoms with Crippen LogP contribution in [-0.4, -0.2) is 40.1 Å². The van der Waals surface area contributed by atoms with Gasteiger partial charge >= 0.3 is 0 Å². The molecule has 1 aliphatic rings. The molecule has 0 amide bonds. The summed E-state index contributed by atoms with van der Waals surface area (Å²) in [4.78, 5) is 0. The molecule has 0 saturated heterocycles. The molecule has 1 aliphatic heterocycles. The molecule has 0 fully saturated rings. The van der Waals surface area contributed by atoms with E-state index in [1.807, 2.05) is 56.4 Å². The zero-order chi connectivity index (χ0) is 26.0. The number of methoxy groups -OCH3 is 2. The summed E-state index contributed by atoms with van der Waals surface area (Å²) < 4.78 is 48.5. The van der Waals surface area contributed by atoms with E-state index >= 15 is 0 Å². The van der Waals surface area contributed by atoms with Crippen molar-refractivity contribution in [2.45, 2.75) is 32.5 Å². The summed E-state index contributed by atoms with van der Waals surface area (Å²) in [6.45, 7) is 4.05. The van der Waals surface area contributed by atoms with Gasteiger partial charge in [0.2, 0.25) is 0 Å². The first kappa shape index (κ1) is 26.3. The fourth-order valence-electron chi connectivity index (χ4n) is 4.51. The molecule has 0 saturated carbocycles. The lowest BCUT2D eigenvalue weighted by Gasteiger charge is -2.25. The van der Waals surface area contributed by atoms with Crippen LogP contribution in [0.3, 0.4) is 0 Å². The summed E-state index contributed by atoms with van der Waals surface area (Å²) in [6.07, 6.45) is 4.43. The third-order valence-corrected chi connectivity index (χ3v) is 6.71. The van der Waals surface area contributed by atoms with Gasteiger partial charge in [-0.15, -0.1) is 0 Å². The molecule has 9 heteroatoms. The average molecular weight is 532 g/mol. The van der Waals surface area contributed by atoms with E-state index in [1.54, 1.807) is 14.2 Å². The summed E-state index contributed by atoms with van der Waals surface area (Å²) in [7, 11) is -0.420. The molecule has 0 aliphatic carbocycles. The van der Waals surface area contributed by atoms with Crippen LogP contribution in [0.5, 0.6) is 11.5 Å². The topological polar surface area (TPSA) is 76.0 Å². The van der Waals surface area contributed by atoms with Gasteiger partial charge in [-0.1, -0.05) is 35.4 Å². The van der Waals surface area contributed by atoms with E-state index in [1.165, 1.54) is 0 Å². The molecule has 2 atom stereocenters. The van der Waals surface area contributed by atoms with Crippen molar-refractivity contribution in [2.75, 3.05) is 27.1 Å². The van der Waals surface area contributed by atoms with Gasteiger partial charge in [-0.2, -0.15) is 8.42 Å². The van der Waals surface area contributed by atoms with Crippen molar-refractivity contribution >= 4 is 27.8 Å². The lowest BCUT2D eigenvalue weighted by Crippen LogP contribution is -2.15. The molecule has 0 radical (unpaired) electrons. The summed E-state index contributed by atoms with van der Waals surface area (Å²) in [5, 5.41) is 0.571. The van der Waals surface area contributed by atoms with E-state index in [2.05, 4.69) is 16.7 Å². The van der Waals surface area contributed by atoms with Crippen molar-refractivity contribution in [1.82, 2.24) is 4.57 Å². The minimum Gasteiger partial charge on any atom is -0.493 e. The molecule has 0 spiro atoms. The molecule has 3 aromatic rings. The zero-order valence-corrected chi connectivity index (χ0v) is 22.5. The highest BCUT2D eigenvalue weighted by Gasteiger charge is 2.33. The van der Waals surface area contributed by atoms with Crippen LogP contribution >= 0.6 is 11.6 Å². The standard InChI is InChI=1S/C27H30ClNO6S/c1-17(2)13-18-14-23-24(11-12-34-36(5,30)31)35-26(20-7-6-8-25(32-3)27(20)33-4)21-15-19(28)9-10-22(21)29(23)16-18/h6-10,13-16,24,26H,11-12H2,1-5H3. The monoisotopic (exact) mass is 531 g/mol. The number of halogens is 1. The highest BCUT2D eigenvalue weighted by atomic mass is 35.5. The maximum atomic E-state index is 11.6. The van der Waals surface area contributed by atoms with Gasteiger partial charge in [0.1, 0.15) is 12.2 Å². The van der Waals surface area contributed by atoms with Crippen LogP contribution in [-0.2, 0) is 19.0 Å². The van der Waals surface area contributed by atoms with Crippen molar-refractivity contribution < 1.29 is 26.8 Å². The second-order valence-electron chi connectivity index (χ2n) is 8.90. The van der Waals surface area contributed by atoms with Crippen LogP contribution in [0.25, 0.3) is 11.8 Å². The molecular weight excluding hydrogens is 502 g/mol.